The molecule has 3 aliphatic rings. The Balaban J connectivity index is 1.54. The maximum Gasteiger partial charge on any atom is 0.328 e. The number of aliphatic carboxylic acids is 3. The Kier molecular flexibility index (Phi) is 43.3. The average Bonchev–Trinajstić information content (AvgIpc) is 1.75. The van der Waals surface area contributed by atoms with E-state index in [-0.39, 0.29) is 88.9 Å². The molecule has 1 aromatic rings. The van der Waals surface area contributed by atoms with Crippen LogP contribution in [-0.2, 0) is 112 Å². The van der Waals surface area contributed by atoms with E-state index in [1.807, 2.05) is 16.0 Å². The maximum atomic E-state index is 14.8. The summed E-state index contributed by atoms with van der Waals surface area (Å²) in [5, 5.41) is 127. The highest BCUT2D eigenvalue weighted by Crippen LogP contribution is 2.25. The molecule has 129 heavy (non-hydrogen) atoms. The maximum absolute atomic E-state index is 14.8. The number of nitrogens with zero attached hydrogens (tertiary/aromatic N) is 3. The number of phenols is 1. The lowest BCUT2D eigenvalue weighted by molar-refractivity contribution is -0.146. The van der Waals surface area contributed by atoms with Crippen molar-refractivity contribution < 1.29 is 151 Å². The number of aromatic hydroxyl groups is 1. The van der Waals surface area contributed by atoms with Gasteiger partial charge in [-0.05, 0) is 109 Å². The number of carboxylic acid groups (broad SMARTS) is 3. The molecule has 716 valence electrons. The number of aliphatic hydroxyl groups excluding tert-OH is 5. The predicted octanol–water partition coefficient (Wildman–Crippen LogP) is -14.9. The second kappa shape index (κ2) is 51.9. The number of benzene rings is 1. The molecule has 35 N–H and O–H groups in total. The van der Waals surface area contributed by atoms with Crippen molar-refractivity contribution in [3.63, 3.8) is 0 Å². The van der Waals surface area contributed by atoms with Crippen molar-refractivity contribution in [2.45, 2.75) is 251 Å². The van der Waals surface area contributed by atoms with Crippen molar-refractivity contribution in [1.82, 2.24) is 83.8 Å². The molecule has 4 rings (SSSR count). The smallest absolute Gasteiger partial charge is 0.328 e. The van der Waals surface area contributed by atoms with E-state index < -0.39 is 329 Å². The zero-order valence-corrected chi connectivity index (χ0v) is 70.6. The van der Waals surface area contributed by atoms with E-state index in [2.05, 4.69) is 53.2 Å². The van der Waals surface area contributed by atoms with Crippen LogP contribution in [0.25, 0.3) is 0 Å². The lowest BCUT2D eigenvalue weighted by Crippen LogP contribution is -2.62. The van der Waals surface area contributed by atoms with E-state index in [1.54, 1.807) is 0 Å². The standard InChI is InChI=1S/C75H115N23O31/c1-32(101)56(80)69(123)86-38(17-20-51(77)106)59(113)85-39(18-21-54(109)110)60(114)84-37(16-19-50(76)105)61(115)87-40(8-4-22-83-75(81)82)71(125)96-23-5-11-49(96)68(122)93-46(31-100)73(127)98-25-7-9-47(98)66(120)91-44(28-53(79)108)72(126)97-24-6-10-48(97)67(121)92-45(30-99)65(119)90-43(29-55(111)112)63(117)88-41(26-35-12-14-36(104)15-13-35)62(116)89-42(27-52(78)107)64(118)94-57(33(2)102)70(124)95-58(34(3)103)74(128)129/h12-15,32-34,37-49,56-58,99-104H,4-11,16-31,80H2,1-3H3,(H2,76,105)(H2,77,106)(H2,78,107)(H2,79,108)(H,84,114)(H,85,113)(H,86,123)(H,87,115)(H,88,117)(H,89,116)(H,90,119)(H,91,120)(H,92,121)(H,93,122)(H,94,118)(H,95,124)(H,109,110)(H,111,112)(H,128,129)(H4,81,82,83)/t32-,33-,34-,37+,38+,39+,40+,41+,42+,43+,44+,45+,46+,47+,48+,49+,56+,57+,58+/m1/s1. The minimum absolute atomic E-state index is 0.0291. The number of nitrogens with two attached hydrogens (primary N) is 6. The number of guanidine groups is 1. The highest BCUT2D eigenvalue weighted by Gasteiger charge is 2.46. The van der Waals surface area contributed by atoms with Crippen LogP contribution in [-0.4, -0.2) is 351 Å². The highest BCUT2D eigenvalue weighted by atomic mass is 16.4. The quantitative estimate of drug-likeness (QED) is 0.0164. The van der Waals surface area contributed by atoms with Crippen molar-refractivity contribution in [2.75, 3.05) is 39.4 Å². The number of carboxylic acids is 3. The zero-order valence-electron chi connectivity index (χ0n) is 70.6. The molecule has 0 radical (unpaired) electrons. The van der Waals surface area contributed by atoms with Gasteiger partial charge >= 0.3 is 17.9 Å². The van der Waals surface area contributed by atoms with E-state index in [1.165, 1.54) is 12.1 Å². The highest BCUT2D eigenvalue weighted by molar-refractivity contribution is 6.03. The van der Waals surface area contributed by atoms with Gasteiger partial charge in [0.1, 0.15) is 96.4 Å². The van der Waals surface area contributed by atoms with Gasteiger partial charge in [0.05, 0.1) is 50.8 Å². The molecule has 3 aliphatic heterocycles. The number of aliphatic hydroxyl groups is 5. The molecule has 3 fully saturated rings. The van der Waals surface area contributed by atoms with Crippen molar-refractivity contribution in [2.24, 2.45) is 34.4 Å². The number of phenolic OH excluding ortho intramolecular Hbond substituents is 1. The topological polar surface area (TPSA) is 904 Å². The lowest BCUT2D eigenvalue weighted by atomic mass is 10.0. The molecule has 1 aromatic carbocycles. The number of carbonyl (C=O) groups is 22. The van der Waals surface area contributed by atoms with Crippen molar-refractivity contribution in [3.05, 3.63) is 29.8 Å². The van der Waals surface area contributed by atoms with Crippen LogP contribution in [0.4, 0.5) is 0 Å². The lowest BCUT2D eigenvalue weighted by Gasteiger charge is -2.32. The van der Waals surface area contributed by atoms with E-state index in [0.29, 0.717) is 0 Å². The van der Waals surface area contributed by atoms with Gasteiger partial charge in [0.2, 0.25) is 112 Å². The Morgan fingerprint density at radius 2 is 0.752 bits per heavy atom. The summed E-state index contributed by atoms with van der Waals surface area (Å²) in [6, 6.07) is -24.5. The summed E-state index contributed by atoms with van der Waals surface area (Å²) in [6.45, 7) is -0.107. The van der Waals surface area contributed by atoms with Gasteiger partial charge in [-0.1, -0.05) is 12.1 Å². The molecule has 0 bridgehead atoms. The minimum Gasteiger partial charge on any atom is -0.508 e. The fraction of sp³-hybridized carbons (Fsp3) is 0.613. The number of likely N-dealkylation sites (tertiary alicyclic amines) is 3. The number of nitrogens with one attached hydrogen (secondary N) is 14. The summed E-state index contributed by atoms with van der Waals surface area (Å²) < 4.78 is 0. The van der Waals surface area contributed by atoms with E-state index in [4.69, 9.17) is 39.8 Å². The largest absolute Gasteiger partial charge is 0.508 e. The number of primary amides is 4. The average molecular weight is 1830 g/mol. The van der Waals surface area contributed by atoms with Gasteiger partial charge in [0.15, 0.2) is 12.0 Å². The van der Waals surface area contributed by atoms with E-state index in [0.717, 1.165) is 47.6 Å². The zero-order chi connectivity index (χ0) is 97.1. The fourth-order valence-corrected chi connectivity index (χ4v) is 13.8. The molecule has 19 atom stereocenters. The van der Waals surface area contributed by atoms with Crippen LogP contribution in [0.2, 0.25) is 0 Å². The summed E-state index contributed by atoms with van der Waals surface area (Å²) in [5.74, 6) is -28.5. The normalized spacial score (nSPS) is 18.4. The SMILES string of the molecule is C[C@@H](O)[C@H](N)C(=O)N[C@@H](CCC(N)=O)C(=O)N[C@@H](CCC(=O)O)C(=O)N[C@@H](CCC(N)=O)C(=O)N[C@@H](CCCNC(=N)N)C(=O)N1CCC[C@H]1C(=O)N[C@@H](CO)C(=O)N1CCC[C@H]1C(=O)N[C@@H](CC(N)=O)C(=O)N1CCC[C@H]1C(=O)N[C@@H](CO)C(=O)N[C@@H](CC(=O)O)C(=O)N[C@@H](Cc1ccc(O)cc1)C(=O)N[C@@H](CC(N)=O)C(=O)N[C@H](C(=O)N[C@H](C(=O)O)[C@@H](C)O)[C@@H](C)O. The summed E-state index contributed by atoms with van der Waals surface area (Å²) in [7, 11) is 0. The number of amides is 19. The number of carbonyl (C=O) groups excluding carboxylic acids is 19. The van der Waals surface area contributed by atoms with Crippen LogP contribution >= 0.6 is 0 Å². The summed E-state index contributed by atoms with van der Waals surface area (Å²) in [6.07, 6.45) is -13.2. The predicted molar refractivity (Wildman–Crippen MR) is 437 cm³/mol. The molecule has 54 nitrogen and oxygen atoms in total. The third-order valence-corrected chi connectivity index (χ3v) is 20.6. The van der Waals surface area contributed by atoms with Crippen LogP contribution in [0.5, 0.6) is 5.75 Å². The molecule has 0 aromatic heterocycles. The van der Waals surface area contributed by atoms with Gasteiger partial charge < -0.3 is 164 Å². The first-order chi connectivity index (χ1) is 60.5. The Labute approximate surface area is 734 Å². The Hall–Kier alpha value is -13.6. The van der Waals surface area contributed by atoms with E-state index >= 15 is 0 Å². The third-order valence-electron chi connectivity index (χ3n) is 20.6. The number of hydrogen-bond donors (Lipinski definition) is 29. The third kappa shape index (κ3) is 34.6. The fourth-order valence-electron chi connectivity index (χ4n) is 13.8. The monoisotopic (exact) mass is 1830 g/mol. The minimum atomic E-state index is -2.22. The van der Waals surface area contributed by atoms with Crippen molar-refractivity contribution >= 4 is 136 Å². The number of hydrogen-bond acceptors (Lipinski definition) is 30. The van der Waals surface area contributed by atoms with Gasteiger partial charge in [0.25, 0.3) is 0 Å². The van der Waals surface area contributed by atoms with Crippen LogP contribution in [0, 0.1) is 5.41 Å². The molecule has 0 unspecified atom stereocenters. The first-order valence-corrected chi connectivity index (χ1v) is 40.7. The van der Waals surface area contributed by atoms with Crippen LogP contribution in [0.3, 0.4) is 0 Å². The molecule has 0 saturated carbocycles. The molecule has 19 amide bonds. The molecule has 54 heteroatoms. The van der Waals surface area contributed by atoms with Crippen molar-refractivity contribution in [1.29, 1.82) is 5.41 Å². The molecule has 0 aliphatic carbocycles. The van der Waals surface area contributed by atoms with Crippen LogP contribution < -0.4 is 104 Å². The van der Waals surface area contributed by atoms with Gasteiger partial charge in [-0.25, -0.2) is 4.79 Å². The van der Waals surface area contributed by atoms with Gasteiger partial charge in [-0.3, -0.25) is 106 Å². The first-order valence-electron chi connectivity index (χ1n) is 40.7. The molecule has 3 heterocycles. The molecular weight excluding hydrogens is 1720 g/mol. The summed E-state index contributed by atoms with van der Waals surface area (Å²) >= 11 is 0. The Bertz CT molecular complexity index is 4270. The molecule has 0 spiro atoms. The first kappa shape index (κ1) is 108. The second-order valence-corrected chi connectivity index (χ2v) is 30.8. The van der Waals surface area contributed by atoms with E-state index in [9.17, 15) is 151 Å². The van der Waals surface area contributed by atoms with Gasteiger partial charge in [-0.2, -0.15) is 0 Å². The van der Waals surface area contributed by atoms with Crippen LogP contribution in [0.1, 0.15) is 135 Å². The molecule has 3 saturated heterocycles. The Morgan fingerprint density at radius 3 is 1.16 bits per heavy atom. The van der Waals surface area contributed by atoms with Crippen molar-refractivity contribution in [3.8, 4) is 5.75 Å². The second-order valence-electron chi connectivity index (χ2n) is 30.8. The Morgan fingerprint density at radius 1 is 0.395 bits per heavy atom. The summed E-state index contributed by atoms with van der Waals surface area (Å²) in [4.78, 5) is 299. The molecular formula is C75H115N23O31. The number of rotatable bonds is 54. The van der Waals surface area contributed by atoms with Crippen LogP contribution in [0.15, 0.2) is 24.3 Å². The van der Waals surface area contributed by atoms with Gasteiger partial charge in [0, 0.05) is 51.9 Å². The summed E-state index contributed by atoms with van der Waals surface area (Å²) in [5.41, 5.74) is 33.0. The van der Waals surface area contributed by atoms with Gasteiger partial charge in [-0.15, -0.1) is 0 Å².